The van der Waals surface area contributed by atoms with E-state index >= 15 is 0 Å². The molecule has 2 aliphatic rings. The first-order chi connectivity index (χ1) is 20.7. The van der Waals surface area contributed by atoms with Crippen LogP contribution in [0.5, 0.6) is 0 Å². The van der Waals surface area contributed by atoms with Crippen molar-refractivity contribution in [3.05, 3.63) is 100 Å². The molecule has 1 heterocycles. The van der Waals surface area contributed by atoms with E-state index in [1.54, 1.807) is 31.2 Å². The number of carbonyl (C=O) groups is 4. The number of allylic oxidation sites excluding steroid dienone is 5. The standard InChI is InChI=1S/C34H39ClN4O4/c1-3-4-5-9-22(2)31(40)14-15-32(41)39-21-26-11-7-6-10-25(26)20-30(39)34(43)37-28(16-17-36)33(42)38-29-19-24-13-8-12-23(24)18-27(29)35/h3-7,9-11,18-19,28,30H,1,8,12-17,20-21,36H2,2H3,(H,37,43)(H,38,42)/b5-4-,22-9+/t28-,30-/m0/s1. The molecular formula is C34H39ClN4O4. The van der Waals surface area contributed by atoms with Crippen molar-refractivity contribution in [2.45, 2.75) is 70.5 Å². The summed E-state index contributed by atoms with van der Waals surface area (Å²) in [5, 5.41) is 6.16. The molecule has 0 bridgehead atoms. The van der Waals surface area contributed by atoms with Gasteiger partial charge in [0.15, 0.2) is 5.78 Å². The summed E-state index contributed by atoms with van der Waals surface area (Å²) in [7, 11) is 0. The average Bonchev–Trinajstić information content (AvgIpc) is 3.45. The van der Waals surface area contributed by atoms with Crippen LogP contribution in [0.15, 0.2) is 72.9 Å². The summed E-state index contributed by atoms with van der Waals surface area (Å²) < 4.78 is 0. The number of nitrogens with two attached hydrogens (primary N) is 1. The molecule has 4 N–H and O–H groups in total. The van der Waals surface area contributed by atoms with Gasteiger partial charge in [0, 0.05) is 25.8 Å². The fourth-order valence-electron chi connectivity index (χ4n) is 5.57. The maximum atomic E-state index is 13.7. The number of benzene rings is 2. The van der Waals surface area contributed by atoms with Crippen molar-refractivity contribution in [1.29, 1.82) is 0 Å². The van der Waals surface area contributed by atoms with E-state index in [1.807, 2.05) is 36.4 Å². The number of nitrogens with one attached hydrogen (secondary N) is 2. The second-order valence-electron chi connectivity index (χ2n) is 11.0. The predicted molar refractivity (Wildman–Crippen MR) is 170 cm³/mol. The monoisotopic (exact) mass is 602 g/mol. The highest BCUT2D eigenvalue weighted by atomic mass is 35.5. The van der Waals surface area contributed by atoms with Gasteiger partial charge in [-0.2, -0.15) is 0 Å². The Morgan fingerprint density at radius 3 is 2.51 bits per heavy atom. The lowest BCUT2D eigenvalue weighted by molar-refractivity contribution is -0.143. The molecule has 2 aromatic carbocycles. The number of rotatable bonds is 12. The summed E-state index contributed by atoms with van der Waals surface area (Å²) in [4.78, 5) is 54.7. The summed E-state index contributed by atoms with van der Waals surface area (Å²) in [6, 6.07) is 9.67. The van der Waals surface area contributed by atoms with Crippen LogP contribution >= 0.6 is 11.6 Å². The molecule has 9 heteroatoms. The molecule has 0 saturated heterocycles. The summed E-state index contributed by atoms with van der Waals surface area (Å²) >= 11 is 6.46. The smallest absolute Gasteiger partial charge is 0.247 e. The van der Waals surface area contributed by atoms with Gasteiger partial charge >= 0.3 is 0 Å². The average molecular weight is 603 g/mol. The minimum atomic E-state index is -0.922. The molecule has 0 unspecified atom stereocenters. The molecule has 8 nitrogen and oxygen atoms in total. The highest BCUT2D eigenvalue weighted by molar-refractivity contribution is 6.33. The molecule has 226 valence electrons. The SMILES string of the molecule is C=C/C=C\C=C(/C)C(=O)CCC(=O)N1Cc2ccccc2C[C@H]1C(=O)N[C@@H](CCN)C(=O)Nc1cc2c(cc1Cl)CCC2. The van der Waals surface area contributed by atoms with Crippen molar-refractivity contribution >= 4 is 40.8 Å². The van der Waals surface area contributed by atoms with Gasteiger partial charge in [-0.05, 0) is 79.1 Å². The number of nitrogens with zero attached hydrogens (tertiary/aromatic N) is 1. The van der Waals surface area contributed by atoms with Gasteiger partial charge in [0.05, 0.1) is 10.7 Å². The zero-order valence-corrected chi connectivity index (χ0v) is 25.3. The van der Waals surface area contributed by atoms with Gasteiger partial charge in [0.25, 0.3) is 0 Å². The number of halogens is 1. The number of amides is 3. The van der Waals surface area contributed by atoms with Crippen LogP contribution in [-0.2, 0) is 45.0 Å². The zero-order valence-electron chi connectivity index (χ0n) is 24.5. The van der Waals surface area contributed by atoms with Crippen LogP contribution in [-0.4, -0.2) is 47.0 Å². The van der Waals surface area contributed by atoms with Gasteiger partial charge in [-0.1, -0.05) is 66.7 Å². The topological polar surface area (TPSA) is 122 Å². The van der Waals surface area contributed by atoms with Crippen LogP contribution in [0.2, 0.25) is 5.02 Å². The zero-order chi connectivity index (χ0) is 30.9. The Morgan fingerprint density at radius 2 is 1.79 bits per heavy atom. The molecular weight excluding hydrogens is 564 g/mol. The Balaban J connectivity index is 1.48. The number of hydrogen-bond acceptors (Lipinski definition) is 5. The van der Waals surface area contributed by atoms with E-state index in [4.69, 9.17) is 17.3 Å². The van der Waals surface area contributed by atoms with Crippen LogP contribution in [0.25, 0.3) is 0 Å². The fraction of sp³-hybridized carbons (Fsp3) is 0.353. The molecule has 43 heavy (non-hydrogen) atoms. The van der Waals surface area contributed by atoms with Crippen molar-refractivity contribution in [3.8, 4) is 0 Å². The first-order valence-electron chi connectivity index (χ1n) is 14.7. The molecule has 0 saturated carbocycles. The third-order valence-corrected chi connectivity index (χ3v) is 8.31. The van der Waals surface area contributed by atoms with Gasteiger partial charge in [-0.3, -0.25) is 19.2 Å². The second kappa shape index (κ2) is 14.9. The van der Waals surface area contributed by atoms with Crippen molar-refractivity contribution in [1.82, 2.24) is 10.2 Å². The Morgan fingerprint density at radius 1 is 1.07 bits per heavy atom. The molecule has 0 spiro atoms. The first kappa shape index (κ1) is 31.9. The number of aryl methyl sites for hydroxylation is 2. The van der Waals surface area contributed by atoms with Gasteiger partial charge in [-0.15, -0.1) is 0 Å². The number of anilines is 1. The van der Waals surface area contributed by atoms with Crippen molar-refractivity contribution in [2.75, 3.05) is 11.9 Å². The Hall–Kier alpha value is -4.01. The molecule has 2 atom stereocenters. The largest absolute Gasteiger partial charge is 0.342 e. The predicted octanol–water partition coefficient (Wildman–Crippen LogP) is 4.59. The van der Waals surface area contributed by atoms with Crippen LogP contribution in [0.1, 0.15) is 54.9 Å². The molecule has 3 amide bonds. The van der Waals surface area contributed by atoms with Gasteiger partial charge < -0.3 is 21.3 Å². The second-order valence-corrected chi connectivity index (χ2v) is 11.4. The van der Waals surface area contributed by atoms with Gasteiger partial charge in [-0.25, -0.2) is 0 Å². The van der Waals surface area contributed by atoms with Gasteiger partial charge in [0.2, 0.25) is 17.7 Å². The Bertz CT molecular complexity index is 1460. The highest BCUT2D eigenvalue weighted by Crippen LogP contribution is 2.32. The minimum absolute atomic E-state index is 0.0231. The summed E-state index contributed by atoms with van der Waals surface area (Å²) in [6.45, 7) is 5.71. The van der Waals surface area contributed by atoms with E-state index < -0.39 is 23.9 Å². The van der Waals surface area contributed by atoms with Crippen LogP contribution in [0.3, 0.4) is 0 Å². The minimum Gasteiger partial charge on any atom is -0.342 e. The summed E-state index contributed by atoms with van der Waals surface area (Å²) in [5.74, 6) is -1.33. The molecule has 0 aromatic heterocycles. The number of hydrogen-bond donors (Lipinski definition) is 3. The van der Waals surface area contributed by atoms with E-state index in [0.29, 0.717) is 22.7 Å². The van der Waals surface area contributed by atoms with Crippen LogP contribution in [0, 0.1) is 0 Å². The van der Waals surface area contributed by atoms with Gasteiger partial charge in [0.1, 0.15) is 12.1 Å². The lowest BCUT2D eigenvalue weighted by Crippen LogP contribution is -2.56. The molecule has 0 radical (unpaired) electrons. The lowest BCUT2D eigenvalue weighted by atomic mass is 9.92. The van der Waals surface area contributed by atoms with Crippen LogP contribution < -0.4 is 16.4 Å². The maximum Gasteiger partial charge on any atom is 0.247 e. The quantitative estimate of drug-likeness (QED) is 0.242. The normalized spacial score (nSPS) is 16.8. The third-order valence-electron chi connectivity index (χ3n) is 8.00. The van der Waals surface area contributed by atoms with E-state index in [-0.39, 0.29) is 44.0 Å². The van der Waals surface area contributed by atoms with E-state index in [1.165, 1.54) is 10.5 Å². The van der Waals surface area contributed by atoms with E-state index in [9.17, 15) is 19.2 Å². The first-order valence-corrected chi connectivity index (χ1v) is 15.1. The van der Waals surface area contributed by atoms with Crippen LogP contribution in [0.4, 0.5) is 5.69 Å². The number of ketones is 1. The summed E-state index contributed by atoms with van der Waals surface area (Å²) in [6.07, 6.45) is 10.2. The molecule has 1 aliphatic carbocycles. The Kier molecular flexibility index (Phi) is 11.1. The maximum absolute atomic E-state index is 13.7. The fourth-order valence-corrected chi connectivity index (χ4v) is 5.80. The molecule has 1 aliphatic heterocycles. The lowest BCUT2D eigenvalue weighted by Gasteiger charge is -2.36. The molecule has 2 aromatic rings. The molecule has 0 fully saturated rings. The number of carbonyl (C=O) groups excluding carboxylic acids is 4. The van der Waals surface area contributed by atoms with Crippen molar-refractivity contribution in [3.63, 3.8) is 0 Å². The van der Waals surface area contributed by atoms with Crippen molar-refractivity contribution in [2.24, 2.45) is 5.73 Å². The Labute approximate surface area is 258 Å². The molecule has 4 rings (SSSR count). The number of Topliss-reactive ketones (excluding diaryl/α,β-unsaturated/α-hetero) is 1. The van der Waals surface area contributed by atoms with Crippen molar-refractivity contribution < 1.29 is 19.2 Å². The summed E-state index contributed by atoms with van der Waals surface area (Å²) in [5.41, 5.74) is 11.1. The third kappa shape index (κ3) is 8.09. The number of fused-ring (bicyclic) bond motifs is 2. The highest BCUT2D eigenvalue weighted by Gasteiger charge is 2.36. The van der Waals surface area contributed by atoms with E-state index in [0.717, 1.165) is 36.0 Å². The van der Waals surface area contributed by atoms with E-state index in [2.05, 4.69) is 17.2 Å².